The van der Waals surface area contributed by atoms with Gasteiger partial charge in [0.05, 0.1) is 7.11 Å². The van der Waals surface area contributed by atoms with Crippen molar-refractivity contribution in [3.63, 3.8) is 0 Å². The Balaban J connectivity index is 3.16. The van der Waals surface area contributed by atoms with E-state index in [0.29, 0.717) is 6.42 Å². The lowest BCUT2D eigenvalue weighted by Gasteiger charge is -1.99. The number of rotatable bonds is 9. The number of nitrogens with one attached hydrogen (secondary N) is 1. The predicted molar refractivity (Wildman–Crippen MR) is 65.5 cm³/mol. The van der Waals surface area contributed by atoms with E-state index in [9.17, 15) is 9.59 Å². The van der Waals surface area contributed by atoms with Crippen LogP contribution in [0.4, 0.5) is 4.79 Å². The van der Waals surface area contributed by atoms with Crippen molar-refractivity contribution in [2.24, 2.45) is 10.8 Å². The molecule has 6 nitrogen and oxygen atoms in total. The Bertz CT molecular complexity index is 254. The van der Waals surface area contributed by atoms with Crippen LogP contribution in [0, 0.1) is 0 Å². The first-order valence-electron chi connectivity index (χ1n) is 5.80. The molecule has 17 heavy (non-hydrogen) atoms. The van der Waals surface area contributed by atoms with Gasteiger partial charge in [0.25, 0.3) is 0 Å². The van der Waals surface area contributed by atoms with E-state index < -0.39 is 6.03 Å². The highest BCUT2D eigenvalue weighted by Crippen LogP contribution is 2.06. The molecular weight excluding hydrogens is 222 g/mol. The number of ether oxygens (including phenoxy) is 1. The van der Waals surface area contributed by atoms with E-state index in [1.807, 2.05) is 0 Å². The van der Waals surface area contributed by atoms with Crippen molar-refractivity contribution in [1.82, 2.24) is 5.43 Å². The Kier molecular flexibility index (Phi) is 9.89. The Labute approximate surface area is 102 Å². The van der Waals surface area contributed by atoms with Crippen LogP contribution in [0.1, 0.15) is 44.9 Å². The molecule has 0 saturated carbocycles. The third kappa shape index (κ3) is 12.3. The van der Waals surface area contributed by atoms with Gasteiger partial charge in [-0.2, -0.15) is 5.10 Å². The summed E-state index contributed by atoms with van der Waals surface area (Å²) in [5, 5.41) is 3.63. The largest absolute Gasteiger partial charge is 0.469 e. The summed E-state index contributed by atoms with van der Waals surface area (Å²) in [5.74, 6) is -0.144. The van der Waals surface area contributed by atoms with E-state index in [1.54, 1.807) is 6.21 Å². The van der Waals surface area contributed by atoms with Gasteiger partial charge in [0, 0.05) is 12.6 Å². The fourth-order valence-corrected chi connectivity index (χ4v) is 1.31. The van der Waals surface area contributed by atoms with Gasteiger partial charge in [-0.1, -0.05) is 19.3 Å². The second kappa shape index (κ2) is 10.9. The number of hydrazone groups is 1. The lowest BCUT2D eigenvalue weighted by atomic mass is 10.1. The Morgan fingerprint density at radius 3 is 2.53 bits per heavy atom. The van der Waals surface area contributed by atoms with Gasteiger partial charge in [-0.25, -0.2) is 10.2 Å². The van der Waals surface area contributed by atoms with Crippen molar-refractivity contribution < 1.29 is 14.3 Å². The average Bonchev–Trinajstić information content (AvgIpc) is 2.30. The van der Waals surface area contributed by atoms with Crippen LogP contribution in [-0.2, 0) is 9.53 Å². The number of carbonyl (C=O) groups is 2. The Morgan fingerprint density at radius 1 is 1.24 bits per heavy atom. The van der Waals surface area contributed by atoms with Gasteiger partial charge in [0.2, 0.25) is 0 Å². The number of hydrogen-bond donors (Lipinski definition) is 2. The number of nitrogens with zero attached hydrogens (tertiary/aromatic N) is 1. The summed E-state index contributed by atoms with van der Waals surface area (Å²) < 4.78 is 4.54. The summed E-state index contributed by atoms with van der Waals surface area (Å²) in [6, 6.07) is -0.649. The van der Waals surface area contributed by atoms with Gasteiger partial charge in [0.1, 0.15) is 0 Å². The van der Waals surface area contributed by atoms with Gasteiger partial charge in [-0.15, -0.1) is 0 Å². The summed E-state index contributed by atoms with van der Waals surface area (Å²) in [6.45, 7) is 0. The summed E-state index contributed by atoms with van der Waals surface area (Å²) >= 11 is 0. The molecule has 2 amide bonds. The minimum Gasteiger partial charge on any atom is -0.469 e. The number of urea groups is 1. The van der Waals surface area contributed by atoms with E-state index in [0.717, 1.165) is 38.5 Å². The molecule has 0 radical (unpaired) electrons. The van der Waals surface area contributed by atoms with Crippen molar-refractivity contribution in [2.45, 2.75) is 44.9 Å². The minimum absolute atomic E-state index is 0.144. The van der Waals surface area contributed by atoms with Gasteiger partial charge >= 0.3 is 12.0 Å². The molecule has 0 aromatic heterocycles. The highest BCUT2D eigenvalue weighted by Gasteiger charge is 1.98. The number of carbonyl (C=O) groups excluding carboxylic acids is 2. The molecule has 0 spiro atoms. The van der Waals surface area contributed by atoms with Crippen molar-refractivity contribution in [2.75, 3.05) is 7.11 Å². The number of amides is 2. The third-order valence-corrected chi connectivity index (χ3v) is 2.21. The molecule has 0 heterocycles. The van der Waals surface area contributed by atoms with E-state index in [4.69, 9.17) is 5.73 Å². The predicted octanol–water partition coefficient (Wildman–Crippen LogP) is 1.54. The van der Waals surface area contributed by atoms with Crippen molar-refractivity contribution in [1.29, 1.82) is 0 Å². The number of primary amides is 1. The van der Waals surface area contributed by atoms with Crippen LogP contribution in [0.3, 0.4) is 0 Å². The van der Waals surface area contributed by atoms with E-state index >= 15 is 0 Å². The normalized spacial score (nSPS) is 10.4. The molecule has 0 aliphatic heterocycles. The van der Waals surface area contributed by atoms with Crippen LogP contribution < -0.4 is 11.2 Å². The molecule has 0 aromatic carbocycles. The molecule has 3 N–H and O–H groups in total. The molecule has 0 aliphatic rings. The first kappa shape index (κ1) is 15.4. The first-order chi connectivity index (χ1) is 8.16. The summed E-state index contributed by atoms with van der Waals surface area (Å²) in [6.07, 6.45) is 8.06. The topological polar surface area (TPSA) is 93.8 Å². The molecule has 0 saturated heterocycles. The van der Waals surface area contributed by atoms with Crippen LogP contribution in [0.15, 0.2) is 5.10 Å². The molecule has 0 aliphatic carbocycles. The average molecular weight is 243 g/mol. The zero-order chi connectivity index (χ0) is 12.9. The first-order valence-corrected chi connectivity index (χ1v) is 5.80. The number of methoxy groups -OCH3 is 1. The second-order valence-corrected chi connectivity index (χ2v) is 3.67. The maximum Gasteiger partial charge on any atom is 0.332 e. The van der Waals surface area contributed by atoms with Crippen LogP contribution in [0.2, 0.25) is 0 Å². The maximum absolute atomic E-state index is 10.8. The number of hydrogen-bond acceptors (Lipinski definition) is 4. The Morgan fingerprint density at radius 2 is 1.88 bits per heavy atom. The van der Waals surface area contributed by atoms with Crippen LogP contribution in [0.25, 0.3) is 0 Å². The molecule has 0 unspecified atom stereocenters. The molecule has 0 rings (SSSR count). The van der Waals surface area contributed by atoms with E-state index in [2.05, 4.69) is 15.3 Å². The zero-order valence-corrected chi connectivity index (χ0v) is 10.3. The van der Waals surface area contributed by atoms with Gasteiger partial charge in [0.15, 0.2) is 0 Å². The molecule has 6 heteroatoms. The van der Waals surface area contributed by atoms with Crippen LogP contribution in [0.5, 0.6) is 0 Å². The fraction of sp³-hybridized carbons (Fsp3) is 0.727. The van der Waals surface area contributed by atoms with Crippen LogP contribution >= 0.6 is 0 Å². The summed E-state index contributed by atoms with van der Waals surface area (Å²) in [7, 11) is 1.40. The smallest absolute Gasteiger partial charge is 0.332 e. The second-order valence-electron chi connectivity index (χ2n) is 3.67. The van der Waals surface area contributed by atoms with Crippen LogP contribution in [-0.4, -0.2) is 25.3 Å². The molecule has 0 atom stereocenters. The molecule has 0 aromatic rings. The van der Waals surface area contributed by atoms with Crippen molar-refractivity contribution >= 4 is 18.2 Å². The van der Waals surface area contributed by atoms with Gasteiger partial charge < -0.3 is 10.5 Å². The van der Waals surface area contributed by atoms with Gasteiger partial charge in [-0.05, 0) is 19.3 Å². The number of esters is 1. The summed E-state index contributed by atoms with van der Waals surface area (Å²) in [4.78, 5) is 21.0. The maximum atomic E-state index is 10.8. The SMILES string of the molecule is COC(=O)CCCCCCC/C=N/NC(N)=O. The minimum atomic E-state index is -0.649. The zero-order valence-electron chi connectivity index (χ0n) is 10.3. The quantitative estimate of drug-likeness (QED) is 0.278. The fourth-order valence-electron chi connectivity index (χ4n) is 1.31. The molecule has 98 valence electrons. The van der Waals surface area contributed by atoms with E-state index in [-0.39, 0.29) is 5.97 Å². The van der Waals surface area contributed by atoms with Gasteiger partial charge in [-0.3, -0.25) is 4.79 Å². The van der Waals surface area contributed by atoms with E-state index in [1.165, 1.54) is 7.11 Å². The monoisotopic (exact) mass is 243 g/mol. The lowest BCUT2D eigenvalue weighted by molar-refractivity contribution is -0.140. The van der Waals surface area contributed by atoms with Crippen molar-refractivity contribution in [3.8, 4) is 0 Å². The molecular formula is C11H21N3O3. The number of unbranched alkanes of at least 4 members (excludes halogenated alkanes) is 5. The molecule has 0 bridgehead atoms. The highest BCUT2D eigenvalue weighted by molar-refractivity contribution is 5.72. The lowest BCUT2D eigenvalue weighted by Crippen LogP contribution is -2.24. The standard InChI is InChI=1S/C11H21N3O3/c1-17-10(15)8-6-4-2-3-5-7-9-13-14-11(12)16/h9H,2-8H2,1H3,(H3,12,14,16)/b13-9+. The third-order valence-electron chi connectivity index (χ3n) is 2.21. The highest BCUT2D eigenvalue weighted by atomic mass is 16.5. The molecule has 0 fully saturated rings. The van der Waals surface area contributed by atoms with Crippen molar-refractivity contribution in [3.05, 3.63) is 0 Å². The number of nitrogens with two attached hydrogens (primary N) is 1. The summed E-state index contributed by atoms with van der Waals surface area (Å²) in [5.41, 5.74) is 6.96. The Hall–Kier alpha value is -1.59.